The van der Waals surface area contributed by atoms with E-state index >= 15 is 0 Å². The quantitative estimate of drug-likeness (QED) is 0.605. The van der Waals surface area contributed by atoms with Crippen LogP contribution in [0.2, 0.25) is 0 Å². The monoisotopic (exact) mass is 220 g/mol. The molecular formula is C12H16N2S. The zero-order valence-corrected chi connectivity index (χ0v) is 9.95. The molecule has 2 nitrogen and oxygen atoms in total. The van der Waals surface area contributed by atoms with Gasteiger partial charge in [-0.25, -0.2) is 0 Å². The largest absolute Gasteiger partial charge is 0.359 e. The van der Waals surface area contributed by atoms with Gasteiger partial charge in [0.15, 0.2) is 5.11 Å². The predicted molar refractivity (Wildman–Crippen MR) is 70.2 cm³/mol. The van der Waals surface area contributed by atoms with Gasteiger partial charge in [-0.3, -0.25) is 0 Å². The van der Waals surface area contributed by atoms with Crippen molar-refractivity contribution in [2.24, 2.45) is 0 Å². The smallest absolute Gasteiger partial charge is 0.171 e. The van der Waals surface area contributed by atoms with Crippen molar-refractivity contribution >= 4 is 23.0 Å². The highest BCUT2D eigenvalue weighted by Gasteiger charge is 1.96. The Morgan fingerprint density at radius 1 is 1.33 bits per heavy atom. The van der Waals surface area contributed by atoms with Gasteiger partial charge < -0.3 is 10.6 Å². The van der Waals surface area contributed by atoms with E-state index in [0.29, 0.717) is 11.7 Å². The van der Waals surface area contributed by atoms with E-state index in [1.54, 1.807) is 0 Å². The second-order valence-electron chi connectivity index (χ2n) is 3.63. The molecule has 1 aromatic carbocycles. The maximum absolute atomic E-state index is 5.12. The van der Waals surface area contributed by atoms with E-state index in [0.717, 1.165) is 11.3 Å². The molecule has 0 fully saturated rings. The average molecular weight is 220 g/mol. The lowest BCUT2D eigenvalue weighted by molar-refractivity contribution is 1.000. The van der Waals surface area contributed by atoms with E-state index in [4.69, 9.17) is 12.2 Å². The minimum atomic E-state index is 0.627. The fourth-order valence-electron chi connectivity index (χ4n) is 1.04. The molecule has 3 heteroatoms. The van der Waals surface area contributed by atoms with E-state index in [2.05, 4.69) is 24.1 Å². The summed E-state index contributed by atoms with van der Waals surface area (Å²) in [6.45, 7) is 8.52. The predicted octanol–water partition coefficient (Wildman–Crippen LogP) is 2.86. The first kappa shape index (κ1) is 11.7. The zero-order chi connectivity index (χ0) is 11.3. The number of hydrogen-bond donors (Lipinski definition) is 2. The lowest BCUT2D eigenvalue weighted by Crippen LogP contribution is -2.29. The van der Waals surface area contributed by atoms with Crippen LogP contribution in [-0.2, 0) is 0 Å². The van der Waals surface area contributed by atoms with Crippen molar-refractivity contribution in [2.75, 3.05) is 11.9 Å². The van der Waals surface area contributed by atoms with Gasteiger partial charge in [0.1, 0.15) is 0 Å². The van der Waals surface area contributed by atoms with E-state index in [-0.39, 0.29) is 0 Å². The topological polar surface area (TPSA) is 24.1 Å². The Hall–Kier alpha value is -1.35. The van der Waals surface area contributed by atoms with Gasteiger partial charge in [-0.05, 0) is 38.2 Å². The molecular weight excluding hydrogens is 204 g/mol. The van der Waals surface area contributed by atoms with Crippen molar-refractivity contribution in [3.8, 4) is 0 Å². The van der Waals surface area contributed by atoms with Gasteiger partial charge in [0.2, 0.25) is 0 Å². The molecule has 0 unspecified atom stereocenters. The fourth-order valence-corrected chi connectivity index (χ4v) is 1.23. The second kappa shape index (κ2) is 5.51. The van der Waals surface area contributed by atoms with Crippen molar-refractivity contribution in [1.29, 1.82) is 0 Å². The average Bonchev–Trinajstić information content (AvgIpc) is 2.19. The van der Waals surface area contributed by atoms with Crippen molar-refractivity contribution in [3.05, 3.63) is 42.0 Å². The molecule has 80 valence electrons. The van der Waals surface area contributed by atoms with Crippen molar-refractivity contribution in [2.45, 2.75) is 13.8 Å². The van der Waals surface area contributed by atoms with Crippen molar-refractivity contribution in [3.63, 3.8) is 0 Å². The van der Waals surface area contributed by atoms with Gasteiger partial charge in [-0.1, -0.05) is 29.8 Å². The summed E-state index contributed by atoms with van der Waals surface area (Å²) in [6.07, 6.45) is 0. The summed E-state index contributed by atoms with van der Waals surface area (Å²) in [4.78, 5) is 0. The van der Waals surface area contributed by atoms with Crippen LogP contribution in [0.5, 0.6) is 0 Å². The lowest BCUT2D eigenvalue weighted by Gasteiger charge is -2.10. The molecule has 0 amide bonds. The third-order valence-corrected chi connectivity index (χ3v) is 2.11. The molecule has 0 bridgehead atoms. The Kier molecular flexibility index (Phi) is 4.31. The summed E-state index contributed by atoms with van der Waals surface area (Å²) in [5.74, 6) is 0. The number of thiocarbonyl (C=S) groups is 1. The second-order valence-corrected chi connectivity index (χ2v) is 4.04. The first-order chi connectivity index (χ1) is 7.08. The summed E-state index contributed by atoms with van der Waals surface area (Å²) in [7, 11) is 0. The van der Waals surface area contributed by atoms with Gasteiger partial charge in [-0.15, -0.1) is 0 Å². The highest BCUT2D eigenvalue weighted by molar-refractivity contribution is 7.80. The number of anilines is 1. The molecule has 1 rings (SSSR count). The van der Waals surface area contributed by atoms with Crippen molar-refractivity contribution < 1.29 is 0 Å². The minimum Gasteiger partial charge on any atom is -0.359 e. The molecule has 0 saturated heterocycles. The highest BCUT2D eigenvalue weighted by atomic mass is 32.1. The minimum absolute atomic E-state index is 0.627. The maximum atomic E-state index is 5.12. The number of nitrogens with one attached hydrogen (secondary N) is 2. The molecule has 0 heterocycles. The summed E-state index contributed by atoms with van der Waals surface area (Å²) >= 11 is 5.12. The van der Waals surface area contributed by atoms with Gasteiger partial charge in [0.25, 0.3) is 0 Å². The normalized spacial score (nSPS) is 9.47. The standard InChI is InChI=1S/C12H16N2S/c1-9(2)8-13-12(15)14-11-6-4-10(3)5-7-11/h4-7H,1,8H2,2-3H3,(H2,13,14,15). The summed E-state index contributed by atoms with van der Waals surface area (Å²) in [6, 6.07) is 8.10. The fraction of sp³-hybridized carbons (Fsp3) is 0.250. The van der Waals surface area contributed by atoms with Gasteiger partial charge in [-0.2, -0.15) is 0 Å². The van der Waals surface area contributed by atoms with Crippen LogP contribution >= 0.6 is 12.2 Å². The first-order valence-corrected chi connectivity index (χ1v) is 5.24. The zero-order valence-electron chi connectivity index (χ0n) is 9.13. The third kappa shape index (κ3) is 4.61. The van der Waals surface area contributed by atoms with Gasteiger partial charge >= 0.3 is 0 Å². The Bertz CT molecular complexity index is 354. The molecule has 0 radical (unpaired) electrons. The Morgan fingerprint density at radius 3 is 2.47 bits per heavy atom. The van der Waals surface area contributed by atoms with E-state index in [1.165, 1.54) is 5.56 Å². The molecule has 0 saturated carbocycles. The summed E-state index contributed by atoms with van der Waals surface area (Å²) in [5.41, 5.74) is 3.30. The van der Waals surface area contributed by atoms with Crippen molar-refractivity contribution in [1.82, 2.24) is 5.32 Å². The number of rotatable bonds is 3. The van der Waals surface area contributed by atoms with E-state index in [1.807, 2.05) is 31.2 Å². The molecule has 0 spiro atoms. The van der Waals surface area contributed by atoms with Crippen LogP contribution in [0.3, 0.4) is 0 Å². The van der Waals surface area contributed by atoms with Crippen LogP contribution in [0, 0.1) is 6.92 Å². The molecule has 1 aromatic rings. The van der Waals surface area contributed by atoms with Crippen LogP contribution < -0.4 is 10.6 Å². The maximum Gasteiger partial charge on any atom is 0.171 e. The molecule has 0 aromatic heterocycles. The summed E-state index contributed by atoms with van der Waals surface area (Å²) < 4.78 is 0. The first-order valence-electron chi connectivity index (χ1n) is 4.84. The molecule has 0 atom stereocenters. The molecule has 0 aliphatic rings. The van der Waals surface area contributed by atoms with Crippen LogP contribution in [0.4, 0.5) is 5.69 Å². The highest BCUT2D eigenvalue weighted by Crippen LogP contribution is 2.08. The van der Waals surface area contributed by atoms with E-state index < -0.39 is 0 Å². The summed E-state index contributed by atoms with van der Waals surface area (Å²) in [5, 5.41) is 6.80. The van der Waals surface area contributed by atoms with Crippen LogP contribution in [0.1, 0.15) is 12.5 Å². The molecule has 0 aliphatic heterocycles. The van der Waals surface area contributed by atoms with E-state index in [9.17, 15) is 0 Å². The number of benzene rings is 1. The Morgan fingerprint density at radius 2 is 1.93 bits per heavy atom. The van der Waals surface area contributed by atoms with Crippen LogP contribution in [-0.4, -0.2) is 11.7 Å². The lowest BCUT2D eigenvalue weighted by atomic mass is 10.2. The SMILES string of the molecule is C=C(C)CNC(=S)Nc1ccc(C)cc1. The van der Waals surface area contributed by atoms with Crippen LogP contribution in [0.15, 0.2) is 36.4 Å². The van der Waals surface area contributed by atoms with Gasteiger partial charge in [0.05, 0.1) is 0 Å². The number of aryl methyl sites for hydroxylation is 1. The Labute approximate surface area is 96.4 Å². The molecule has 2 N–H and O–H groups in total. The third-order valence-electron chi connectivity index (χ3n) is 1.86. The van der Waals surface area contributed by atoms with Crippen LogP contribution in [0.25, 0.3) is 0 Å². The molecule has 15 heavy (non-hydrogen) atoms. The molecule has 0 aliphatic carbocycles. The Balaban J connectivity index is 2.44. The van der Waals surface area contributed by atoms with Gasteiger partial charge in [0, 0.05) is 12.2 Å². The number of hydrogen-bond acceptors (Lipinski definition) is 1.